The van der Waals surface area contributed by atoms with E-state index in [0.717, 1.165) is 10.9 Å². The van der Waals surface area contributed by atoms with E-state index < -0.39 is 64.4 Å². The summed E-state index contributed by atoms with van der Waals surface area (Å²) in [5, 5.41) is 21.8. The van der Waals surface area contributed by atoms with Crippen molar-refractivity contribution in [3.05, 3.63) is 16.7 Å². The van der Waals surface area contributed by atoms with E-state index in [1.807, 2.05) is 0 Å². The second-order valence-corrected chi connectivity index (χ2v) is 9.68. The summed E-state index contributed by atoms with van der Waals surface area (Å²) < 4.78 is 37.2. The third-order valence-corrected chi connectivity index (χ3v) is 6.58. The molecular weight excluding hydrogens is 532 g/mol. The lowest BCUT2D eigenvalue weighted by atomic mass is 10.2. The third kappa shape index (κ3) is 5.98. The molecule has 34 heavy (non-hydrogen) atoms. The number of aliphatic hydroxyl groups excluding tert-OH is 2. The van der Waals surface area contributed by atoms with Crippen LogP contribution in [0.5, 0.6) is 0 Å². The van der Waals surface area contributed by atoms with Crippen LogP contribution in [0.3, 0.4) is 0 Å². The zero-order valence-corrected chi connectivity index (χ0v) is 19.1. The number of H-pyrrole nitrogens is 1. The Kier molecular flexibility index (Phi) is 7.78. The Labute approximate surface area is 192 Å². The minimum absolute atomic E-state index is 0.178. The highest BCUT2D eigenvalue weighted by atomic mass is 35.5. The molecule has 2 aromatic rings. The predicted octanol–water partition coefficient (Wildman–Crippen LogP) is -2.97. The van der Waals surface area contributed by atoms with E-state index in [1.165, 1.54) is 0 Å². The fourth-order valence-electron chi connectivity index (χ4n) is 2.89. The Balaban J connectivity index is 1.95. The van der Waals surface area contributed by atoms with Gasteiger partial charge in [-0.05, 0) is 0 Å². The molecule has 5 unspecified atom stereocenters. The number of alkyl halides is 1. The molecule has 9 N–H and O–H groups in total. The van der Waals surface area contributed by atoms with E-state index in [0.29, 0.717) is 5.01 Å². The third-order valence-electron chi connectivity index (χ3n) is 4.18. The van der Waals surface area contributed by atoms with Crippen LogP contribution in [0.4, 0.5) is 5.95 Å². The summed E-state index contributed by atoms with van der Waals surface area (Å²) in [5.41, 5.74) is 6.50. The number of anilines is 1. The van der Waals surface area contributed by atoms with Crippen LogP contribution in [0, 0.1) is 0 Å². The van der Waals surface area contributed by atoms with Crippen molar-refractivity contribution in [2.75, 3.05) is 18.2 Å². The van der Waals surface area contributed by atoms with Crippen LogP contribution in [0.2, 0.25) is 0 Å². The second-order valence-electron chi connectivity index (χ2n) is 6.58. The van der Waals surface area contributed by atoms with Gasteiger partial charge >= 0.3 is 15.6 Å². The van der Waals surface area contributed by atoms with Gasteiger partial charge in [-0.25, -0.2) is 14.1 Å². The van der Waals surface area contributed by atoms with Gasteiger partial charge in [-0.1, -0.05) is 0 Å². The molecule has 1 aliphatic rings. The van der Waals surface area contributed by atoms with Crippen LogP contribution in [0.15, 0.2) is 11.1 Å². The molecular formula is C12H18ClN7O12P2. The molecule has 0 radical (unpaired) electrons. The molecule has 0 aromatic carbocycles. The number of imidazole rings is 1. The maximum atomic E-state index is 12.0. The Hall–Kier alpha value is -1.99. The summed E-state index contributed by atoms with van der Waals surface area (Å²) in [4.78, 5) is 60.6. The quantitative estimate of drug-likeness (QED) is 0.120. The smallest absolute Gasteiger partial charge is 0.374 e. The summed E-state index contributed by atoms with van der Waals surface area (Å²) in [6.45, 7) is -1.05. The Morgan fingerprint density at radius 2 is 2.00 bits per heavy atom. The van der Waals surface area contributed by atoms with Crippen molar-refractivity contribution in [3.63, 3.8) is 0 Å². The van der Waals surface area contributed by atoms with Crippen molar-refractivity contribution in [2.24, 2.45) is 0 Å². The largest absolute Gasteiger partial charge is 0.481 e. The number of halogens is 1. The van der Waals surface area contributed by atoms with E-state index in [2.05, 4.69) is 29.2 Å². The lowest BCUT2D eigenvalue weighted by Crippen LogP contribution is -2.65. The topological polar surface area (TPSA) is 285 Å². The molecule has 19 nitrogen and oxygen atoms in total. The maximum Gasteiger partial charge on any atom is 0.481 e. The second kappa shape index (κ2) is 9.94. The normalized spacial score (nSPS) is 25.8. The standard InChI is InChI=1S/C12H18ClN7O12P2/c13-1-5(21)18-20-9(23)4(2-30-34(28,29)32-33(25,26)27)31-11(10(20)24)19-3-15-6-7(19)16-12(14)17-8(6)22/h3-4,9-11,23-24H,1-2H2,(H,18,21)(H,28,29)(H2,25,26,27)(H3,14,16,17,22). The van der Waals surface area contributed by atoms with E-state index >= 15 is 0 Å². The lowest BCUT2D eigenvalue weighted by Gasteiger charge is -2.45. The monoisotopic (exact) mass is 549 g/mol. The van der Waals surface area contributed by atoms with E-state index in [1.54, 1.807) is 0 Å². The van der Waals surface area contributed by atoms with Crippen LogP contribution >= 0.6 is 27.2 Å². The van der Waals surface area contributed by atoms with Gasteiger partial charge in [0.15, 0.2) is 29.8 Å². The molecule has 22 heteroatoms. The van der Waals surface area contributed by atoms with Crippen molar-refractivity contribution in [1.82, 2.24) is 30.0 Å². The number of hydrogen-bond acceptors (Lipinski definition) is 13. The van der Waals surface area contributed by atoms with E-state index in [-0.39, 0.29) is 17.1 Å². The SMILES string of the molecule is Nc1nc2c(ncn2C2OC(COP(=O)(O)OP(=O)(O)O)C(O)N(NC(=O)CCl)C2O)c(=O)[nH]1. The van der Waals surface area contributed by atoms with Gasteiger partial charge in [0.2, 0.25) is 11.9 Å². The Bertz CT molecular complexity index is 1220. The van der Waals surface area contributed by atoms with Crippen molar-refractivity contribution < 1.29 is 52.4 Å². The highest BCUT2D eigenvalue weighted by Crippen LogP contribution is 2.57. The molecule has 0 bridgehead atoms. The highest BCUT2D eigenvalue weighted by molar-refractivity contribution is 7.60. The molecule has 1 aliphatic heterocycles. The van der Waals surface area contributed by atoms with Crippen LogP contribution in [0.25, 0.3) is 11.2 Å². The van der Waals surface area contributed by atoms with Gasteiger partial charge in [0.1, 0.15) is 12.0 Å². The number of nitrogens with one attached hydrogen (secondary N) is 2. The molecule has 1 fully saturated rings. The van der Waals surface area contributed by atoms with Crippen LogP contribution in [-0.2, 0) is 27.5 Å². The van der Waals surface area contributed by atoms with Gasteiger partial charge in [0.05, 0.1) is 12.9 Å². The molecule has 0 spiro atoms. The summed E-state index contributed by atoms with van der Waals surface area (Å²) in [6, 6.07) is 0. The van der Waals surface area contributed by atoms with Crippen LogP contribution in [0.1, 0.15) is 6.23 Å². The first-order valence-corrected chi connectivity index (χ1v) is 12.4. The number of nitrogens with two attached hydrogens (primary N) is 1. The van der Waals surface area contributed by atoms with Gasteiger partial charge in [-0.2, -0.15) is 14.3 Å². The van der Waals surface area contributed by atoms with E-state index in [9.17, 15) is 33.8 Å². The number of morpholine rings is 1. The van der Waals surface area contributed by atoms with Gasteiger partial charge in [0, 0.05) is 0 Å². The first kappa shape index (κ1) is 26.6. The number of aromatic amines is 1. The summed E-state index contributed by atoms with van der Waals surface area (Å²) in [5.74, 6) is -1.79. The van der Waals surface area contributed by atoms with Crippen molar-refractivity contribution in [1.29, 1.82) is 0 Å². The number of carbonyl (C=O) groups is 1. The number of aromatic nitrogens is 4. The van der Waals surface area contributed by atoms with Crippen LogP contribution in [-0.4, -0.2) is 86.4 Å². The number of nitrogens with zero attached hydrogens (tertiary/aromatic N) is 4. The van der Waals surface area contributed by atoms with Gasteiger partial charge < -0.3 is 35.4 Å². The summed E-state index contributed by atoms with van der Waals surface area (Å²) >= 11 is 5.44. The molecule has 1 saturated heterocycles. The Morgan fingerprint density at radius 1 is 1.32 bits per heavy atom. The zero-order chi connectivity index (χ0) is 25.4. The number of phosphoric ester groups is 1. The number of fused-ring (bicyclic) bond motifs is 1. The minimum atomic E-state index is -5.43. The fraction of sp³-hybridized carbons (Fsp3) is 0.500. The van der Waals surface area contributed by atoms with Gasteiger partial charge in [-0.15, -0.1) is 11.6 Å². The predicted molar refractivity (Wildman–Crippen MR) is 108 cm³/mol. The number of carbonyl (C=O) groups excluding carboxylic acids is 1. The average Bonchev–Trinajstić information content (AvgIpc) is 3.12. The molecule has 0 aliphatic carbocycles. The molecule has 3 heterocycles. The minimum Gasteiger partial charge on any atom is -0.374 e. The molecule has 5 atom stereocenters. The number of hydrogen-bond donors (Lipinski definition) is 8. The van der Waals surface area contributed by atoms with Crippen molar-refractivity contribution in [2.45, 2.75) is 24.8 Å². The number of aliphatic hydroxyl groups is 2. The lowest BCUT2D eigenvalue weighted by molar-refractivity contribution is -0.299. The summed E-state index contributed by atoms with van der Waals surface area (Å²) in [6.07, 6.45) is -6.10. The number of nitrogen functional groups attached to an aromatic ring is 1. The summed E-state index contributed by atoms with van der Waals surface area (Å²) in [7, 11) is -10.8. The Morgan fingerprint density at radius 3 is 2.62 bits per heavy atom. The molecule has 3 rings (SSSR count). The number of hydrazine groups is 1. The van der Waals surface area contributed by atoms with Gasteiger partial charge in [0.25, 0.3) is 5.56 Å². The first-order chi connectivity index (χ1) is 15.7. The average molecular weight is 550 g/mol. The van der Waals surface area contributed by atoms with E-state index in [4.69, 9.17) is 31.9 Å². The number of rotatable bonds is 8. The number of phosphoric acid groups is 2. The first-order valence-electron chi connectivity index (χ1n) is 8.84. The van der Waals surface area contributed by atoms with Gasteiger partial charge in [-0.3, -0.25) is 29.1 Å². The molecule has 190 valence electrons. The van der Waals surface area contributed by atoms with Crippen LogP contribution < -0.4 is 16.7 Å². The molecule has 0 saturated carbocycles. The molecule has 1 amide bonds. The van der Waals surface area contributed by atoms with Crippen molar-refractivity contribution >= 4 is 50.3 Å². The highest BCUT2D eigenvalue weighted by Gasteiger charge is 2.46. The number of amides is 1. The maximum absolute atomic E-state index is 12.0. The number of ether oxygens (including phenoxy) is 1. The zero-order valence-electron chi connectivity index (χ0n) is 16.5. The van der Waals surface area contributed by atoms with Crippen molar-refractivity contribution in [3.8, 4) is 0 Å². The molecule has 2 aromatic heterocycles. The fourth-order valence-corrected chi connectivity index (χ4v) is 4.55.